The Morgan fingerprint density at radius 1 is 1.23 bits per heavy atom. The second-order valence-corrected chi connectivity index (χ2v) is 7.13. The van der Waals surface area contributed by atoms with Gasteiger partial charge in [-0.2, -0.15) is 13.9 Å². The standard InChI is InChI=1S/C22H20F2N4O2S/c1-3-12-25-22-28(26-13-16-4-8-18(9-5-16)27-15(2)29)20(14-31-22)17-6-10-19(11-7-17)30-21(23)24/h3-11,13-14,21H,1,12H2,2H3,(H,27,29). The molecule has 1 aromatic heterocycles. The fourth-order valence-corrected chi connectivity index (χ4v) is 3.49. The fraction of sp³-hybridized carbons (Fsp3) is 0.136. The van der Waals surface area contributed by atoms with Crippen molar-refractivity contribution in [2.75, 3.05) is 11.9 Å². The van der Waals surface area contributed by atoms with E-state index in [0.717, 1.165) is 16.8 Å². The Hall–Kier alpha value is -3.59. The minimum Gasteiger partial charge on any atom is -0.435 e. The summed E-state index contributed by atoms with van der Waals surface area (Å²) in [6.45, 7) is 2.69. The number of alkyl halides is 2. The summed E-state index contributed by atoms with van der Waals surface area (Å²) in [6.07, 6.45) is 3.36. The average Bonchev–Trinajstić information content (AvgIpc) is 3.14. The van der Waals surface area contributed by atoms with Gasteiger partial charge in [-0.1, -0.05) is 18.2 Å². The van der Waals surface area contributed by atoms with Crippen molar-refractivity contribution in [3.63, 3.8) is 0 Å². The molecule has 0 aliphatic heterocycles. The van der Waals surface area contributed by atoms with Crippen molar-refractivity contribution in [3.05, 3.63) is 76.9 Å². The van der Waals surface area contributed by atoms with Gasteiger partial charge in [0.25, 0.3) is 0 Å². The lowest BCUT2D eigenvalue weighted by Crippen LogP contribution is -2.12. The van der Waals surface area contributed by atoms with E-state index in [0.29, 0.717) is 17.0 Å². The van der Waals surface area contributed by atoms with Gasteiger partial charge in [-0.3, -0.25) is 9.79 Å². The van der Waals surface area contributed by atoms with Crippen LogP contribution in [-0.4, -0.2) is 30.0 Å². The number of ether oxygens (including phenoxy) is 1. The Morgan fingerprint density at radius 2 is 1.94 bits per heavy atom. The molecule has 0 spiro atoms. The second kappa shape index (κ2) is 10.4. The Balaban J connectivity index is 1.92. The van der Waals surface area contributed by atoms with E-state index in [-0.39, 0.29) is 11.7 Å². The maximum atomic E-state index is 12.4. The zero-order chi connectivity index (χ0) is 22.2. The van der Waals surface area contributed by atoms with Crippen LogP contribution < -0.4 is 14.9 Å². The molecule has 0 fully saturated rings. The molecule has 1 N–H and O–H groups in total. The van der Waals surface area contributed by atoms with Gasteiger partial charge in [0.05, 0.1) is 18.5 Å². The van der Waals surface area contributed by atoms with Gasteiger partial charge in [-0.15, -0.1) is 17.9 Å². The van der Waals surface area contributed by atoms with Crippen LogP contribution in [-0.2, 0) is 4.79 Å². The van der Waals surface area contributed by atoms with Crippen LogP contribution in [0.5, 0.6) is 5.75 Å². The first kappa shape index (κ1) is 22.1. The fourth-order valence-electron chi connectivity index (χ4n) is 2.65. The molecular formula is C22H20F2N4O2S. The van der Waals surface area contributed by atoms with E-state index in [4.69, 9.17) is 0 Å². The number of halogens is 2. The molecule has 0 saturated heterocycles. The van der Waals surface area contributed by atoms with E-state index in [1.54, 1.807) is 41.2 Å². The smallest absolute Gasteiger partial charge is 0.387 e. The minimum absolute atomic E-state index is 0.0832. The number of nitrogens with one attached hydrogen (secondary N) is 1. The molecule has 160 valence electrons. The molecule has 31 heavy (non-hydrogen) atoms. The van der Waals surface area contributed by atoms with E-state index in [1.165, 1.54) is 30.4 Å². The summed E-state index contributed by atoms with van der Waals surface area (Å²) in [5, 5.41) is 9.17. The van der Waals surface area contributed by atoms with E-state index in [9.17, 15) is 13.6 Å². The molecule has 0 unspecified atom stereocenters. The Bertz CT molecular complexity index is 1130. The number of hydrogen-bond donors (Lipinski definition) is 1. The van der Waals surface area contributed by atoms with Crippen LogP contribution in [0.2, 0.25) is 0 Å². The molecule has 0 radical (unpaired) electrons. The number of carbonyl (C=O) groups is 1. The number of anilines is 1. The molecular weight excluding hydrogens is 422 g/mol. The van der Waals surface area contributed by atoms with Crippen molar-refractivity contribution in [2.24, 2.45) is 10.1 Å². The van der Waals surface area contributed by atoms with E-state index >= 15 is 0 Å². The average molecular weight is 442 g/mol. The number of benzene rings is 2. The summed E-state index contributed by atoms with van der Waals surface area (Å²) in [4.78, 5) is 16.3. The zero-order valence-electron chi connectivity index (χ0n) is 16.7. The highest BCUT2D eigenvalue weighted by molar-refractivity contribution is 7.07. The molecule has 3 aromatic rings. The molecule has 0 saturated carbocycles. The SMILES string of the molecule is C=CCN=c1scc(-c2ccc(OC(F)F)cc2)n1N=Cc1ccc(NC(C)=O)cc1. The molecule has 3 rings (SSSR count). The van der Waals surface area contributed by atoms with Crippen LogP contribution in [0, 0.1) is 0 Å². The number of hydrogen-bond acceptors (Lipinski definition) is 5. The van der Waals surface area contributed by atoms with E-state index < -0.39 is 6.61 Å². The lowest BCUT2D eigenvalue weighted by molar-refractivity contribution is -0.114. The number of nitrogens with zero attached hydrogens (tertiary/aromatic N) is 3. The Morgan fingerprint density at radius 3 is 2.55 bits per heavy atom. The lowest BCUT2D eigenvalue weighted by Gasteiger charge is -2.07. The number of amides is 1. The van der Waals surface area contributed by atoms with Crippen LogP contribution in [0.15, 0.2) is 76.7 Å². The zero-order valence-corrected chi connectivity index (χ0v) is 17.5. The van der Waals surface area contributed by atoms with Crippen molar-refractivity contribution >= 4 is 29.1 Å². The molecule has 1 amide bonds. The van der Waals surface area contributed by atoms with Gasteiger partial charge in [0.15, 0.2) is 0 Å². The summed E-state index contributed by atoms with van der Waals surface area (Å²) in [6, 6.07) is 13.6. The molecule has 6 nitrogen and oxygen atoms in total. The summed E-state index contributed by atoms with van der Waals surface area (Å²) < 4.78 is 30.9. The highest BCUT2D eigenvalue weighted by Gasteiger charge is 2.09. The highest BCUT2D eigenvalue weighted by atomic mass is 32.1. The van der Waals surface area contributed by atoms with Crippen LogP contribution in [0.4, 0.5) is 14.5 Å². The number of aromatic nitrogens is 1. The first-order chi connectivity index (χ1) is 15.0. The van der Waals surface area contributed by atoms with Crippen LogP contribution in [0.3, 0.4) is 0 Å². The van der Waals surface area contributed by atoms with Gasteiger partial charge in [0.2, 0.25) is 10.7 Å². The summed E-state index contributed by atoms with van der Waals surface area (Å²) in [5.41, 5.74) is 3.05. The summed E-state index contributed by atoms with van der Waals surface area (Å²) >= 11 is 1.41. The predicted octanol–water partition coefficient (Wildman–Crippen LogP) is 4.75. The van der Waals surface area contributed by atoms with Gasteiger partial charge in [0.1, 0.15) is 5.75 Å². The monoisotopic (exact) mass is 442 g/mol. The number of thiazole rings is 1. The Labute approximate surface area is 181 Å². The van der Waals surface area contributed by atoms with Crippen molar-refractivity contribution in [2.45, 2.75) is 13.5 Å². The van der Waals surface area contributed by atoms with Gasteiger partial charge < -0.3 is 10.1 Å². The van der Waals surface area contributed by atoms with Gasteiger partial charge in [0, 0.05) is 23.6 Å². The third kappa shape index (κ3) is 6.19. The van der Waals surface area contributed by atoms with Crippen molar-refractivity contribution < 1.29 is 18.3 Å². The van der Waals surface area contributed by atoms with Crippen LogP contribution in [0.25, 0.3) is 11.3 Å². The van der Waals surface area contributed by atoms with Crippen molar-refractivity contribution in [1.82, 2.24) is 4.68 Å². The molecule has 0 aliphatic rings. The van der Waals surface area contributed by atoms with Crippen molar-refractivity contribution in [3.8, 4) is 17.0 Å². The van der Waals surface area contributed by atoms with Gasteiger partial charge in [-0.05, 0) is 42.0 Å². The van der Waals surface area contributed by atoms with Gasteiger partial charge in [-0.25, -0.2) is 4.68 Å². The number of rotatable bonds is 8. The van der Waals surface area contributed by atoms with E-state index in [1.807, 2.05) is 17.5 Å². The topological polar surface area (TPSA) is 68.0 Å². The van der Waals surface area contributed by atoms with Crippen LogP contribution >= 0.6 is 11.3 Å². The normalized spacial score (nSPS) is 11.8. The quantitative estimate of drug-likeness (QED) is 0.404. The minimum atomic E-state index is -2.87. The molecule has 1 heterocycles. The lowest BCUT2D eigenvalue weighted by atomic mass is 10.2. The first-order valence-electron chi connectivity index (χ1n) is 9.25. The Kier molecular flexibility index (Phi) is 7.45. The maximum Gasteiger partial charge on any atom is 0.387 e. The molecule has 9 heteroatoms. The highest BCUT2D eigenvalue weighted by Crippen LogP contribution is 2.24. The molecule has 0 bridgehead atoms. The third-order valence-corrected chi connectivity index (χ3v) is 4.82. The maximum absolute atomic E-state index is 12.4. The largest absolute Gasteiger partial charge is 0.435 e. The van der Waals surface area contributed by atoms with Crippen molar-refractivity contribution in [1.29, 1.82) is 0 Å². The third-order valence-electron chi connectivity index (χ3n) is 3.97. The molecule has 0 aliphatic carbocycles. The van der Waals surface area contributed by atoms with Gasteiger partial charge >= 0.3 is 6.61 Å². The summed E-state index contributed by atoms with van der Waals surface area (Å²) in [7, 11) is 0. The predicted molar refractivity (Wildman–Crippen MR) is 119 cm³/mol. The van der Waals surface area contributed by atoms with E-state index in [2.05, 4.69) is 26.7 Å². The number of carbonyl (C=O) groups excluding carboxylic acids is 1. The van der Waals surface area contributed by atoms with Crippen LogP contribution in [0.1, 0.15) is 12.5 Å². The molecule has 0 atom stereocenters. The first-order valence-corrected chi connectivity index (χ1v) is 10.1. The second-order valence-electron chi connectivity index (χ2n) is 6.30. The summed E-state index contributed by atoms with van der Waals surface area (Å²) in [5.74, 6) is -0.0572. The molecule has 2 aromatic carbocycles.